The zero-order valence-electron chi connectivity index (χ0n) is 4.95. The lowest BCUT2D eigenvalue weighted by molar-refractivity contribution is -0.137. The van der Waals surface area contributed by atoms with Gasteiger partial charge in [0.05, 0.1) is 6.42 Å². The summed E-state index contributed by atoms with van der Waals surface area (Å²) in [6, 6.07) is 0. The van der Waals surface area contributed by atoms with Gasteiger partial charge in [0.2, 0.25) is 0 Å². The third-order valence-electron chi connectivity index (χ3n) is 0.779. The molecule has 0 saturated carbocycles. The highest BCUT2D eigenvalue weighted by atomic mass is 16.4. The Balaban J connectivity index is 3.68. The van der Waals surface area contributed by atoms with Crippen molar-refractivity contribution >= 4 is 19.4 Å². The fourth-order valence-corrected chi connectivity index (χ4v) is 0.343. The van der Waals surface area contributed by atoms with E-state index < -0.39 is 12.1 Å². The number of hydrogen-bond donors (Lipinski definition) is 1. The van der Waals surface area contributed by atoms with Crippen LogP contribution < -0.4 is 0 Å². The number of aliphatic imine (C=N–C) groups is 2. The largest absolute Gasteiger partial charge is 0.481 e. The second-order valence-corrected chi connectivity index (χ2v) is 1.44. The molecule has 4 nitrogen and oxygen atoms in total. The minimum absolute atomic E-state index is 0.132. The molecule has 0 unspecified atom stereocenters. The van der Waals surface area contributed by atoms with Crippen LogP contribution in [-0.4, -0.2) is 30.7 Å². The fourth-order valence-electron chi connectivity index (χ4n) is 0.343. The Morgan fingerprint density at radius 3 is 2.11 bits per heavy atom. The standard InChI is InChI=1S/C5H8N2O2/c1-6-4(7-2)3-5(8)9/h4H,1-3H2,(H,8,9). The van der Waals surface area contributed by atoms with Gasteiger partial charge in [-0.05, 0) is 13.4 Å². The van der Waals surface area contributed by atoms with Gasteiger partial charge >= 0.3 is 5.97 Å². The predicted octanol–water partition coefficient (Wildman–Crippen LogP) is 0.188. The van der Waals surface area contributed by atoms with E-state index in [0.29, 0.717) is 0 Å². The Morgan fingerprint density at radius 2 is 2.00 bits per heavy atom. The highest BCUT2D eigenvalue weighted by molar-refractivity contribution is 5.67. The minimum atomic E-state index is -0.945. The molecule has 4 heteroatoms. The third-order valence-corrected chi connectivity index (χ3v) is 0.779. The minimum Gasteiger partial charge on any atom is -0.481 e. The van der Waals surface area contributed by atoms with Crippen LogP contribution in [0.15, 0.2) is 9.98 Å². The maximum atomic E-state index is 9.95. The van der Waals surface area contributed by atoms with Crippen LogP contribution >= 0.6 is 0 Å². The van der Waals surface area contributed by atoms with Crippen molar-refractivity contribution in [1.29, 1.82) is 0 Å². The molecule has 0 aromatic rings. The van der Waals surface area contributed by atoms with Crippen LogP contribution in [-0.2, 0) is 4.79 Å². The van der Waals surface area contributed by atoms with Gasteiger partial charge in [-0.3, -0.25) is 14.8 Å². The molecule has 0 bridgehead atoms. The van der Waals surface area contributed by atoms with Crippen molar-refractivity contribution in [2.75, 3.05) is 0 Å². The van der Waals surface area contributed by atoms with E-state index in [1.165, 1.54) is 0 Å². The summed E-state index contributed by atoms with van der Waals surface area (Å²) >= 11 is 0. The van der Waals surface area contributed by atoms with Crippen molar-refractivity contribution in [2.45, 2.75) is 12.6 Å². The van der Waals surface area contributed by atoms with E-state index in [9.17, 15) is 4.79 Å². The number of rotatable bonds is 4. The first-order valence-corrected chi connectivity index (χ1v) is 2.34. The van der Waals surface area contributed by atoms with Crippen molar-refractivity contribution < 1.29 is 9.90 Å². The SMILES string of the molecule is C=NC(CC(=O)O)N=C. The van der Waals surface area contributed by atoms with Crippen LogP contribution in [0.3, 0.4) is 0 Å². The van der Waals surface area contributed by atoms with Crippen LogP contribution in [0.1, 0.15) is 6.42 Å². The van der Waals surface area contributed by atoms with Crippen molar-refractivity contribution in [3.63, 3.8) is 0 Å². The Kier molecular flexibility index (Phi) is 3.27. The van der Waals surface area contributed by atoms with Crippen molar-refractivity contribution in [3.8, 4) is 0 Å². The smallest absolute Gasteiger partial charge is 0.307 e. The predicted molar refractivity (Wildman–Crippen MR) is 35.1 cm³/mol. The first kappa shape index (κ1) is 7.81. The molecule has 0 heterocycles. The molecule has 0 aliphatic heterocycles. The highest BCUT2D eigenvalue weighted by Gasteiger charge is 2.05. The summed E-state index contributed by atoms with van der Waals surface area (Å²) in [4.78, 5) is 16.7. The molecule has 0 radical (unpaired) electrons. The zero-order chi connectivity index (χ0) is 7.28. The van der Waals surface area contributed by atoms with Crippen molar-refractivity contribution in [2.24, 2.45) is 9.98 Å². The van der Waals surface area contributed by atoms with E-state index in [2.05, 4.69) is 23.4 Å². The zero-order valence-corrected chi connectivity index (χ0v) is 4.95. The van der Waals surface area contributed by atoms with Crippen LogP contribution in [0.4, 0.5) is 0 Å². The van der Waals surface area contributed by atoms with Crippen LogP contribution in [0, 0.1) is 0 Å². The van der Waals surface area contributed by atoms with Gasteiger partial charge in [-0.2, -0.15) is 0 Å². The lowest BCUT2D eigenvalue weighted by atomic mass is 10.4. The summed E-state index contributed by atoms with van der Waals surface area (Å²) in [5.41, 5.74) is 0. The van der Waals surface area contributed by atoms with Crippen LogP contribution in [0.5, 0.6) is 0 Å². The summed E-state index contributed by atoms with van der Waals surface area (Å²) in [6.07, 6.45) is -0.727. The van der Waals surface area contributed by atoms with E-state index in [0.717, 1.165) is 0 Å². The van der Waals surface area contributed by atoms with E-state index in [1.807, 2.05) is 0 Å². The maximum absolute atomic E-state index is 9.95. The van der Waals surface area contributed by atoms with Gasteiger partial charge in [0.1, 0.15) is 6.17 Å². The quantitative estimate of drug-likeness (QED) is 0.549. The molecule has 0 saturated heterocycles. The number of carbonyl (C=O) groups is 1. The van der Waals surface area contributed by atoms with Gasteiger partial charge < -0.3 is 5.11 Å². The van der Waals surface area contributed by atoms with Gasteiger partial charge in [-0.15, -0.1) is 0 Å². The van der Waals surface area contributed by atoms with E-state index >= 15 is 0 Å². The van der Waals surface area contributed by atoms with E-state index in [4.69, 9.17) is 5.11 Å². The van der Waals surface area contributed by atoms with Crippen LogP contribution in [0.2, 0.25) is 0 Å². The molecular formula is C5H8N2O2. The highest BCUT2D eigenvalue weighted by Crippen LogP contribution is 1.96. The fraction of sp³-hybridized carbons (Fsp3) is 0.400. The van der Waals surface area contributed by atoms with Crippen molar-refractivity contribution in [3.05, 3.63) is 0 Å². The number of hydrogen-bond acceptors (Lipinski definition) is 3. The molecule has 0 aliphatic rings. The summed E-state index contributed by atoms with van der Waals surface area (Å²) in [5, 5.41) is 8.17. The molecule has 50 valence electrons. The Bertz CT molecular complexity index is 125. The molecule has 0 fully saturated rings. The third kappa shape index (κ3) is 3.40. The molecule has 0 rings (SSSR count). The summed E-state index contributed by atoms with van der Waals surface area (Å²) in [6.45, 7) is 6.28. The molecule has 1 N–H and O–H groups in total. The van der Waals surface area contributed by atoms with Gasteiger partial charge in [-0.1, -0.05) is 0 Å². The van der Waals surface area contributed by atoms with Crippen molar-refractivity contribution in [1.82, 2.24) is 0 Å². The van der Waals surface area contributed by atoms with E-state index in [-0.39, 0.29) is 6.42 Å². The van der Waals surface area contributed by atoms with Crippen LogP contribution in [0.25, 0.3) is 0 Å². The molecule has 0 atom stereocenters. The average Bonchev–Trinajstić information content (AvgIpc) is 1.82. The molecule has 0 spiro atoms. The summed E-state index contributed by atoms with van der Waals surface area (Å²) in [5.74, 6) is -0.945. The lowest BCUT2D eigenvalue weighted by Crippen LogP contribution is -2.07. The number of aliphatic carboxylic acids is 1. The first-order valence-electron chi connectivity index (χ1n) is 2.34. The lowest BCUT2D eigenvalue weighted by Gasteiger charge is -1.98. The average molecular weight is 128 g/mol. The second kappa shape index (κ2) is 3.77. The number of carboxylic acid groups (broad SMARTS) is 1. The molecule has 0 aromatic heterocycles. The second-order valence-electron chi connectivity index (χ2n) is 1.44. The van der Waals surface area contributed by atoms with Gasteiger partial charge in [0.25, 0.3) is 0 Å². The summed E-state index contributed by atoms with van der Waals surface area (Å²) < 4.78 is 0. The van der Waals surface area contributed by atoms with Gasteiger partial charge in [-0.25, -0.2) is 0 Å². The van der Waals surface area contributed by atoms with Gasteiger partial charge in [0, 0.05) is 0 Å². The number of carboxylic acids is 1. The molecule has 0 aromatic carbocycles. The topological polar surface area (TPSA) is 62.0 Å². The monoisotopic (exact) mass is 128 g/mol. The molecule has 0 aliphatic carbocycles. The number of nitrogens with zero attached hydrogens (tertiary/aromatic N) is 2. The van der Waals surface area contributed by atoms with Gasteiger partial charge in [0.15, 0.2) is 0 Å². The Hall–Kier alpha value is -1.19. The normalized spacial score (nSPS) is 9.00. The Labute approximate surface area is 52.9 Å². The molecule has 0 amide bonds. The molecular weight excluding hydrogens is 120 g/mol. The van der Waals surface area contributed by atoms with E-state index in [1.54, 1.807) is 0 Å². The first-order chi connectivity index (χ1) is 4.20. The summed E-state index contributed by atoms with van der Waals surface area (Å²) in [7, 11) is 0. The Morgan fingerprint density at radius 1 is 1.56 bits per heavy atom. The molecule has 9 heavy (non-hydrogen) atoms. The maximum Gasteiger partial charge on any atom is 0.307 e.